The molecule has 1 aliphatic carbocycles. The number of benzene rings is 1. The number of ether oxygens (including phenoxy) is 1. The Morgan fingerprint density at radius 1 is 1.24 bits per heavy atom. The van der Waals surface area contributed by atoms with Crippen LogP contribution in [-0.2, 0) is 0 Å². The van der Waals surface area contributed by atoms with Gasteiger partial charge in [-0.25, -0.2) is 14.8 Å². The number of methoxy groups -OCH3 is 1. The van der Waals surface area contributed by atoms with Crippen LogP contribution in [0.2, 0.25) is 5.02 Å². The average molecular weight is 592 g/mol. The van der Waals surface area contributed by atoms with E-state index in [0.717, 1.165) is 12.8 Å². The number of aromatic nitrogens is 8. The fourth-order valence-electron chi connectivity index (χ4n) is 4.82. The first-order valence-corrected chi connectivity index (χ1v) is 13.2. The lowest BCUT2D eigenvalue weighted by Gasteiger charge is -2.21. The van der Waals surface area contributed by atoms with Gasteiger partial charge < -0.3 is 19.4 Å². The second-order valence-corrected chi connectivity index (χ2v) is 10.2. The van der Waals surface area contributed by atoms with E-state index in [9.17, 15) is 14.0 Å². The van der Waals surface area contributed by atoms with Crippen molar-refractivity contribution in [2.75, 3.05) is 12.4 Å². The maximum atomic E-state index is 14.8. The van der Waals surface area contributed by atoms with Crippen molar-refractivity contribution in [2.45, 2.75) is 25.3 Å². The molecule has 1 amide bonds. The van der Waals surface area contributed by atoms with Crippen LogP contribution < -0.4 is 15.6 Å². The van der Waals surface area contributed by atoms with Crippen molar-refractivity contribution in [1.82, 2.24) is 39.7 Å². The van der Waals surface area contributed by atoms with Gasteiger partial charge in [0.15, 0.2) is 0 Å². The molecule has 1 aliphatic rings. The number of amides is 1. The summed E-state index contributed by atoms with van der Waals surface area (Å²) in [6.45, 7) is 0. The van der Waals surface area contributed by atoms with Crippen molar-refractivity contribution in [1.29, 1.82) is 0 Å². The molecule has 6 rings (SSSR count). The average Bonchev–Trinajstić information content (AvgIpc) is 3.39. The molecule has 3 N–H and O–H groups in total. The number of hydrogen-bond donors (Lipinski definition) is 3. The van der Waals surface area contributed by atoms with Gasteiger partial charge in [-0.2, -0.15) is 9.07 Å². The highest BCUT2D eigenvalue weighted by Gasteiger charge is 2.30. The lowest BCUT2D eigenvalue weighted by Crippen LogP contribution is -2.26. The first-order chi connectivity index (χ1) is 20.3. The maximum absolute atomic E-state index is 14.8. The molecule has 1 atom stereocenters. The number of anilines is 1. The first kappa shape index (κ1) is 27.1. The molecular formula is C27H23ClFN9O4. The number of aromatic amines is 1. The Morgan fingerprint density at radius 2 is 2.07 bits per heavy atom. The van der Waals surface area contributed by atoms with Gasteiger partial charge >= 0.3 is 6.09 Å². The molecular weight excluding hydrogens is 569 g/mol. The summed E-state index contributed by atoms with van der Waals surface area (Å²) < 4.78 is 23.5. The number of rotatable bonds is 9. The Morgan fingerprint density at radius 3 is 2.76 bits per heavy atom. The van der Waals surface area contributed by atoms with Crippen LogP contribution >= 0.6 is 11.6 Å². The summed E-state index contributed by atoms with van der Waals surface area (Å²) in [5.74, 6) is 0.254. The number of pyridine rings is 2. The van der Waals surface area contributed by atoms with Gasteiger partial charge in [-0.3, -0.25) is 10.1 Å². The third-order valence-electron chi connectivity index (χ3n) is 6.98. The molecule has 214 valence electrons. The van der Waals surface area contributed by atoms with Gasteiger partial charge in [0.05, 0.1) is 42.5 Å². The Labute approximate surface area is 242 Å². The van der Waals surface area contributed by atoms with E-state index < -0.39 is 18.1 Å². The summed E-state index contributed by atoms with van der Waals surface area (Å²) in [6.07, 6.45) is 5.87. The monoisotopic (exact) mass is 591 g/mol. The second kappa shape index (κ2) is 11.0. The van der Waals surface area contributed by atoms with Crippen LogP contribution in [0.1, 0.15) is 31.1 Å². The minimum atomic E-state index is -1.35. The van der Waals surface area contributed by atoms with Crippen molar-refractivity contribution in [3.05, 3.63) is 82.3 Å². The summed E-state index contributed by atoms with van der Waals surface area (Å²) in [7, 11) is 1.51. The lowest BCUT2D eigenvalue weighted by atomic mass is 10.0. The Hall–Kier alpha value is -5.11. The van der Waals surface area contributed by atoms with Crippen LogP contribution in [0, 0.1) is 11.9 Å². The van der Waals surface area contributed by atoms with Gasteiger partial charge in [-0.15, -0.1) is 5.10 Å². The van der Waals surface area contributed by atoms with Crippen molar-refractivity contribution in [2.24, 2.45) is 5.92 Å². The highest BCUT2D eigenvalue weighted by Crippen LogP contribution is 2.40. The number of nitrogens with zero attached hydrogens (tertiary/aromatic N) is 7. The lowest BCUT2D eigenvalue weighted by molar-refractivity contribution is 0.209. The number of tetrazole rings is 1. The van der Waals surface area contributed by atoms with Gasteiger partial charge in [0.2, 0.25) is 5.95 Å². The number of hydrogen-bond acceptors (Lipinski definition) is 8. The minimum Gasteiger partial charge on any atom is -0.495 e. The van der Waals surface area contributed by atoms with Gasteiger partial charge in [-0.05, 0) is 53.1 Å². The minimum absolute atomic E-state index is 0.103. The van der Waals surface area contributed by atoms with Gasteiger partial charge in [0, 0.05) is 22.2 Å². The molecule has 5 aromatic rings. The van der Waals surface area contributed by atoms with Crippen LogP contribution in [0.5, 0.6) is 5.75 Å². The summed E-state index contributed by atoms with van der Waals surface area (Å²) in [5.41, 5.74) is 1.82. The largest absolute Gasteiger partial charge is 0.495 e. The molecule has 0 radical (unpaired) electrons. The fraction of sp³-hybridized carbons (Fsp3) is 0.222. The number of nitrogens with one attached hydrogen (secondary N) is 2. The third-order valence-corrected chi connectivity index (χ3v) is 7.22. The van der Waals surface area contributed by atoms with E-state index in [-0.39, 0.29) is 16.9 Å². The zero-order chi connectivity index (χ0) is 29.4. The molecule has 42 heavy (non-hydrogen) atoms. The molecule has 0 spiro atoms. The molecule has 0 saturated heterocycles. The molecule has 15 heteroatoms. The molecule has 13 nitrogen and oxygen atoms in total. The molecule has 1 fully saturated rings. The highest BCUT2D eigenvalue weighted by molar-refractivity contribution is 6.31. The molecule has 1 unspecified atom stereocenters. The maximum Gasteiger partial charge on any atom is 0.410 e. The predicted octanol–water partition coefficient (Wildman–Crippen LogP) is 4.56. The Balaban J connectivity index is 1.40. The van der Waals surface area contributed by atoms with Crippen LogP contribution in [0.15, 0.2) is 59.9 Å². The highest BCUT2D eigenvalue weighted by atomic mass is 35.5. The van der Waals surface area contributed by atoms with Gasteiger partial charge in [-0.1, -0.05) is 24.4 Å². The number of carbonyl (C=O) groups is 1. The van der Waals surface area contributed by atoms with Crippen molar-refractivity contribution >= 4 is 23.5 Å². The van der Waals surface area contributed by atoms with E-state index >= 15 is 0 Å². The molecule has 0 bridgehead atoms. The normalized spacial score (nSPS) is 13.6. The van der Waals surface area contributed by atoms with Crippen LogP contribution in [0.4, 0.5) is 15.0 Å². The third kappa shape index (κ3) is 5.43. The standard InChI is InChI=1S/C27H23ClFN9O4/c1-42-22-12-37(24(39)10-18(22)17-9-15(28)4-6-20(17)38-13-31-35-36-38)21(8-14-2-3-14)26-30-11-19(32-26)16-5-7-23(33-25(16)29)34-27(40)41/h4-7,9-14,21H,2-3,8H2,1H3,(H,30,32)(H,33,34)(H,40,41). The molecule has 1 aromatic carbocycles. The van der Waals surface area contributed by atoms with E-state index in [2.05, 4.69) is 30.5 Å². The first-order valence-electron chi connectivity index (χ1n) is 12.9. The number of halogens is 2. The van der Waals surface area contributed by atoms with Crippen molar-refractivity contribution in [3.63, 3.8) is 0 Å². The predicted molar refractivity (Wildman–Crippen MR) is 149 cm³/mol. The van der Waals surface area contributed by atoms with Crippen LogP contribution in [0.3, 0.4) is 0 Å². The summed E-state index contributed by atoms with van der Waals surface area (Å²) in [5, 5.41) is 22.7. The number of carboxylic acid groups (broad SMARTS) is 1. The van der Waals surface area contributed by atoms with E-state index in [4.69, 9.17) is 21.4 Å². The van der Waals surface area contributed by atoms with Gasteiger partial charge in [0.25, 0.3) is 5.56 Å². The zero-order valence-corrected chi connectivity index (χ0v) is 22.8. The molecule has 0 aliphatic heterocycles. The van der Waals surface area contributed by atoms with Gasteiger partial charge in [0.1, 0.15) is 23.7 Å². The SMILES string of the molecule is COc1cn(C(CC2CC2)c2ncc(-c3ccc(NC(=O)O)nc3F)[nH]2)c(=O)cc1-c1cc(Cl)ccc1-n1cnnn1. The smallest absolute Gasteiger partial charge is 0.410 e. The quantitative estimate of drug-likeness (QED) is 0.208. The van der Waals surface area contributed by atoms with Crippen LogP contribution in [-0.4, -0.2) is 58.0 Å². The zero-order valence-electron chi connectivity index (χ0n) is 22.0. The summed E-state index contributed by atoms with van der Waals surface area (Å²) in [6, 6.07) is 8.88. The summed E-state index contributed by atoms with van der Waals surface area (Å²) in [4.78, 5) is 35.9. The summed E-state index contributed by atoms with van der Waals surface area (Å²) >= 11 is 6.33. The fourth-order valence-corrected chi connectivity index (χ4v) is 5.00. The Kier molecular flexibility index (Phi) is 7.12. The topological polar surface area (TPSA) is 166 Å². The number of H-pyrrole nitrogens is 1. The molecule has 4 aromatic heterocycles. The van der Waals surface area contributed by atoms with Crippen LogP contribution in [0.25, 0.3) is 28.1 Å². The van der Waals surface area contributed by atoms with E-state index in [1.807, 2.05) is 5.32 Å². The van der Waals surface area contributed by atoms with Crippen molar-refractivity contribution < 1.29 is 19.0 Å². The van der Waals surface area contributed by atoms with E-state index in [0.29, 0.717) is 51.4 Å². The van der Waals surface area contributed by atoms with E-state index in [1.165, 1.54) is 42.5 Å². The Bertz CT molecular complexity index is 1840. The molecule has 4 heterocycles. The van der Waals surface area contributed by atoms with E-state index in [1.54, 1.807) is 29.0 Å². The number of imidazole rings is 1. The second-order valence-electron chi connectivity index (χ2n) is 9.76. The molecule has 1 saturated carbocycles. The van der Waals surface area contributed by atoms with Crippen molar-refractivity contribution in [3.8, 4) is 33.8 Å².